The van der Waals surface area contributed by atoms with Crippen molar-refractivity contribution in [3.05, 3.63) is 363 Å². The highest BCUT2D eigenvalue weighted by atomic mass is 15.2. The summed E-state index contributed by atoms with van der Waals surface area (Å²) in [5.41, 5.74) is 34.7. The molecule has 0 saturated carbocycles. The Morgan fingerprint density at radius 3 is 0.794 bits per heavy atom. The van der Waals surface area contributed by atoms with Gasteiger partial charge in [-0.25, -0.2) is 0 Å². The maximum Gasteiger partial charge on any atom is 0.252 e. The van der Waals surface area contributed by atoms with Crippen LogP contribution in [0.2, 0.25) is 0 Å². The van der Waals surface area contributed by atoms with Crippen molar-refractivity contribution in [1.82, 2.24) is 4.57 Å². The first-order valence-corrected chi connectivity index (χ1v) is 35.8. The van der Waals surface area contributed by atoms with Crippen LogP contribution in [0.3, 0.4) is 0 Å². The van der Waals surface area contributed by atoms with Crippen molar-refractivity contribution < 1.29 is 0 Å². The number of anilines is 6. The molecule has 4 heteroatoms. The van der Waals surface area contributed by atoms with E-state index in [9.17, 15) is 0 Å². The van der Waals surface area contributed by atoms with E-state index in [2.05, 4.69) is 408 Å². The molecule has 15 aromatic carbocycles. The van der Waals surface area contributed by atoms with E-state index in [1.165, 1.54) is 71.6 Å². The molecule has 0 N–H and O–H groups in total. The van der Waals surface area contributed by atoms with Gasteiger partial charge in [0.1, 0.15) is 0 Å². The average Bonchev–Trinajstić information content (AvgIpc) is 0.891. The summed E-state index contributed by atoms with van der Waals surface area (Å²) in [7, 11) is 0. The monoisotopic (exact) mass is 1310 g/mol. The Hall–Kier alpha value is -12.2. The van der Waals surface area contributed by atoms with E-state index in [-0.39, 0.29) is 17.5 Å². The number of rotatable bonds is 11. The molecule has 0 bridgehead atoms. The van der Waals surface area contributed by atoms with E-state index in [4.69, 9.17) is 0 Å². The standard InChI is InChI=1S/C98H76BN3/c1-97(2,3)81-47-49-86-87-50-48-82(98(4,5)6)62-93(87)102(92(86)61-81)85-63-94-96-95(64-85)101(84-57-79(69-33-21-11-22-34-69)54-80(58-84)70-35-23-12-24-36-70)91-52-46-76(74-43-39-72(40-44-74)66-27-15-8-16-28-66)60-89(91)99(96)88-59-75(73-41-37-71(38-42-73)65-25-13-7-14-26-65)45-51-90(88)100(94)83-55-77(67-29-17-9-18-30-67)53-78(56-83)68-31-19-10-20-32-68/h7-64H,1-6H3. The Labute approximate surface area is 599 Å². The Kier molecular flexibility index (Phi) is 15.1. The maximum absolute atomic E-state index is 2.63. The minimum atomic E-state index is -0.247. The Morgan fingerprint density at radius 2 is 0.490 bits per heavy atom. The van der Waals surface area contributed by atoms with Gasteiger partial charge in [0.2, 0.25) is 0 Å². The van der Waals surface area contributed by atoms with Gasteiger partial charge in [0.05, 0.1) is 16.7 Å². The van der Waals surface area contributed by atoms with Gasteiger partial charge in [-0.3, -0.25) is 0 Å². The molecule has 18 rings (SSSR count). The van der Waals surface area contributed by atoms with Crippen LogP contribution in [0.15, 0.2) is 352 Å². The molecule has 0 atom stereocenters. The van der Waals surface area contributed by atoms with Crippen molar-refractivity contribution in [2.75, 3.05) is 9.80 Å². The third kappa shape index (κ3) is 11.1. The third-order valence-corrected chi connectivity index (χ3v) is 21.2. The summed E-state index contributed by atoms with van der Waals surface area (Å²) in [6.07, 6.45) is 0. The van der Waals surface area contributed by atoms with Crippen molar-refractivity contribution >= 4 is 79.0 Å². The lowest BCUT2D eigenvalue weighted by Crippen LogP contribution is -2.61. The van der Waals surface area contributed by atoms with Crippen molar-refractivity contribution in [3.8, 4) is 94.7 Å². The molecule has 1 aromatic heterocycles. The molecule has 0 fully saturated rings. The number of hydrogen-bond acceptors (Lipinski definition) is 2. The summed E-state index contributed by atoms with van der Waals surface area (Å²) in [5, 5.41) is 2.46. The second-order valence-corrected chi connectivity index (χ2v) is 29.7. The Bertz CT molecular complexity index is 5380. The van der Waals surface area contributed by atoms with Gasteiger partial charge in [-0.15, -0.1) is 0 Å². The predicted octanol–water partition coefficient (Wildman–Crippen LogP) is 24.8. The van der Waals surface area contributed by atoms with E-state index in [0.717, 1.165) is 107 Å². The molecule has 102 heavy (non-hydrogen) atoms. The summed E-state index contributed by atoms with van der Waals surface area (Å²) in [6.45, 7) is 13.8. The zero-order valence-corrected chi connectivity index (χ0v) is 58.4. The smallest absolute Gasteiger partial charge is 0.252 e. The van der Waals surface area contributed by atoms with Gasteiger partial charge < -0.3 is 14.4 Å². The van der Waals surface area contributed by atoms with Crippen LogP contribution in [0, 0.1) is 0 Å². The zero-order valence-electron chi connectivity index (χ0n) is 58.4. The first-order valence-electron chi connectivity index (χ1n) is 35.8. The predicted molar refractivity (Wildman–Crippen MR) is 436 cm³/mol. The molecule has 3 nitrogen and oxygen atoms in total. The molecule has 3 heterocycles. The van der Waals surface area contributed by atoms with Crippen molar-refractivity contribution in [1.29, 1.82) is 0 Å². The summed E-state index contributed by atoms with van der Waals surface area (Å²) in [6, 6.07) is 132. The number of hydrogen-bond donors (Lipinski definition) is 0. The lowest BCUT2D eigenvalue weighted by molar-refractivity contribution is 0.591. The van der Waals surface area contributed by atoms with Crippen molar-refractivity contribution in [2.24, 2.45) is 0 Å². The van der Waals surface area contributed by atoms with Gasteiger partial charge >= 0.3 is 0 Å². The van der Waals surface area contributed by atoms with Crippen LogP contribution in [0.25, 0.3) is 117 Å². The van der Waals surface area contributed by atoms with Crippen molar-refractivity contribution in [2.45, 2.75) is 52.4 Å². The lowest BCUT2D eigenvalue weighted by atomic mass is 9.33. The van der Waals surface area contributed by atoms with Crippen LogP contribution in [0.1, 0.15) is 52.7 Å². The number of fused-ring (bicyclic) bond motifs is 7. The van der Waals surface area contributed by atoms with Gasteiger partial charge in [-0.1, -0.05) is 321 Å². The fourth-order valence-electron chi connectivity index (χ4n) is 15.9. The van der Waals surface area contributed by atoms with E-state index >= 15 is 0 Å². The van der Waals surface area contributed by atoms with E-state index < -0.39 is 0 Å². The van der Waals surface area contributed by atoms with Gasteiger partial charge in [0.15, 0.2) is 0 Å². The van der Waals surface area contributed by atoms with Gasteiger partial charge in [0.25, 0.3) is 6.71 Å². The molecule has 0 radical (unpaired) electrons. The molecule has 0 aliphatic carbocycles. The molecule has 2 aliphatic heterocycles. The summed E-state index contributed by atoms with van der Waals surface area (Å²) in [5.74, 6) is 0. The van der Waals surface area contributed by atoms with Crippen molar-refractivity contribution in [3.63, 3.8) is 0 Å². The fraction of sp³-hybridized carbons (Fsp3) is 0.0816. The average molecular weight is 1310 g/mol. The highest BCUT2D eigenvalue weighted by Crippen LogP contribution is 2.50. The molecular weight excluding hydrogens is 1230 g/mol. The minimum Gasteiger partial charge on any atom is -0.311 e. The lowest BCUT2D eigenvalue weighted by Gasteiger charge is -2.45. The Balaban J connectivity index is 0.988. The van der Waals surface area contributed by atoms with Crippen LogP contribution < -0.4 is 26.2 Å². The summed E-state index contributed by atoms with van der Waals surface area (Å²) >= 11 is 0. The maximum atomic E-state index is 2.63. The molecule has 16 aromatic rings. The summed E-state index contributed by atoms with van der Waals surface area (Å²) < 4.78 is 2.61. The van der Waals surface area contributed by atoms with Crippen LogP contribution in [0.5, 0.6) is 0 Å². The van der Waals surface area contributed by atoms with Gasteiger partial charge in [-0.2, -0.15) is 0 Å². The molecule has 486 valence electrons. The SMILES string of the molecule is CC(C)(C)c1ccc2c3ccc(C(C)(C)C)cc3n(-c3cc4c5c(c3)N(c3cc(-c6ccccc6)cc(-c6ccccc6)c3)c3ccc(-c6ccc(-c7ccccc7)cc6)cc3B5c3cc(-c5ccc(-c6ccccc6)cc5)ccc3N4c3cc(-c4ccccc4)cc(-c4ccccc4)c3)c2c1. The minimum absolute atomic E-state index is 0.117. The number of benzene rings is 15. The number of aromatic nitrogens is 1. The Morgan fingerprint density at radius 1 is 0.216 bits per heavy atom. The number of nitrogens with zero attached hydrogens (tertiary/aromatic N) is 3. The highest BCUT2D eigenvalue weighted by Gasteiger charge is 2.45. The second kappa shape index (κ2) is 24.9. The molecule has 2 aliphatic rings. The molecule has 0 unspecified atom stereocenters. The van der Waals surface area contributed by atoms with E-state index in [0.29, 0.717) is 0 Å². The van der Waals surface area contributed by atoms with Crippen LogP contribution in [-0.2, 0) is 10.8 Å². The molecule has 0 amide bonds. The molecule has 0 spiro atoms. The normalized spacial score (nSPS) is 12.5. The van der Waals surface area contributed by atoms with Crippen LogP contribution in [-0.4, -0.2) is 11.3 Å². The molecule has 0 saturated heterocycles. The summed E-state index contributed by atoms with van der Waals surface area (Å²) in [4.78, 5) is 5.27. The zero-order chi connectivity index (χ0) is 68.8. The highest BCUT2D eigenvalue weighted by molar-refractivity contribution is 7.00. The third-order valence-electron chi connectivity index (χ3n) is 21.2. The van der Waals surface area contributed by atoms with Gasteiger partial charge in [0, 0.05) is 44.9 Å². The fourth-order valence-corrected chi connectivity index (χ4v) is 15.9. The van der Waals surface area contributed by atoms with E-state index in [1.54, 1.807) is 0 Å². The van der Waals surface area contributed by atoms with E-state index in [1.807, 2.05) is 0 Å². The first-order chi connectivity index (χ1) is 49.8. The second-order valence-electron chi connectivity index (χ2n) is 29.7. The van der Waals surface area contributed by atoms with Crippen LogP contribution >= 0.6 is 0 Å². The quantitative estimate of drug-likeness (QED) is 0.120. The largest absolute Gasteiger partial charge is 0.311 e. The van der Waals surface area contributed by atoms with Gasteiger partial charge in [-0.05, 0) is 200 Å². The van der Waals surface area contributed by atoms with Crippen LogP contribution in [0.4, 0.5) is 34.1 Å². The molecular formula is C98H76BN3. The topological polar surface area (TPSA) is 11.4 Å². The first kappa shape index (κ1) is 62.0.